The maximum absolute atomic E-state index is 7.32. The predicted octanol–water partition coefficient (Wildman–Crippen LogP) is 11.4. The van der Waals surface area contributed by atoms with Gasteiger partial charge in [0.05, 0.1) is 23.5 Å². The van der Waals surface area contributed by atoms with E-state index >= 15 is 0 Å². The Morgan fingerprint density at radius 1 is 1.12 bits per heavy atom. The second-order valence-corrected chi connectivity index (χ2v) is 12.2. The zero-order chi connectivity index (χ0) is 32.3. The monoisotopic (exact) mass is 574 g/mol. The minimum Gasteiger partial charge on any atom is -0.371 e. The Hall–Kier alpha value is -2.99. The van der Waals surface area contributed by atoms with Crippen LogP contribution in [0.15, 0.2) is 96.1 Å². The summed E-state index contributed by atoms with van der Waals surface area (Å²) in [5.74, 6) is 0.947. The molecule has 0 aromatic carbocycles. The number of rotatable bonds is 9. The van der Waals surface area contributed by atoms with Gasteiger partial charge in [0.2, 0.25) is 0 Å². The first-order valence-electron chi connectivity index (χ1n) is 16.3. The maximum atomic E-state index is 7.32. The van der Waals surface area contributed by atoms with E-state index < -0.39 is 0 Å². The van der Waals surface area contributed by atoms with Crippen molar-refractivity contribution in [2.45, 2.75) is 120 Å². The number of fused-ring (bicyclic) bond motifs is 1. The van der Waals surface area contributed by atoms with Crippen LogP contribution in [0.25, 0.3) is 0 Å². The Morgan fingerprint density at radius 3 is 2.26 bits per heavy atom. The van der Waals surface area contributed by atoms with Crippen LogP contribution < -0.4 is 0 Å². The molecule has 2 aliphatic heterocycles. The minimum atomic E-state index is 0.167. The van der Waals surface area contributed by atoms with Crippen LogP contribution in [-0.2, 0) is 0 Å². The summed E-state index contributed by atoms with van der Waals surface area (Å²) in [5, 5.41) is 7.32. The third-order valence-corrected chi connectivity index (χ3v) is 7.84. The zero-order valence-electron chi connectivity index (χ0n) is 29.0. The molecule has 1 saturated heterocycles. The van der Waals surface area contributed by atoms with Crippen molar-refractivity contribution >= 4 is 0 Å². The van der Waals surface area contributed by atoms with Crippen molar-refractivity contribution in [2.24, 2.45) is 11.3 Å². The minimum absolute atomic E-state index is 0.167. The average Bonchev–Trinajstić information content (AvgIpc) is 2.96. The van der Waals surface area contributed by atoms with Gasteiger partial charge in [-0.05, 0) is 59.8 Å². The van der Waals surface area contributed by atoms with Gasteiger partial charge < -0.3 is 9.80 Å². The van der Waals surface area contributed by atoms with Crippen molar-refractivity contribution in [1.29, 1.82) is 5.26 Å². The average molecular weight is 574 g/mol. The van der Waals surface area contributed by atoms with Gasteiger partial charge in [-0.2, -0.15) is 5.26 Å². The van der Waals surface area contributed by atoms with Crippen molar-refractivity contribution in [2.75, 3.05) is 13.6 Å². The van der Waals surface area contributed by atoms with E-state index in [0.717, 1.165) is 30.0 Å². The first-order chi connectivity index (χ1) is 20.0. The molecule has 0 aromatic heterocycles. The molecular weight excluding hydrogens is 510 g/mol. The fourth-order valence-corrected chi connectivity index (χ4v) is 5.63. The lowest BCUT2D eigenvalue weighted by Gasteiger charge is -2.51. The fraction of sp³-hybridized carbons (Fsp3) is 0.564. The second-order valence-electron chi connectivity index (χ2n) is 12.2. The summed E-state index contributed by atoms with van der Waals surface area (Å²) in [4.78, 5) is 4.92. The largest absolute Gasteiger partial charge is 0.371 e. The molecule has 0 N–H and O–H groups in total. The summed E-state index contributed by atoms with van der Waals surface area (Å²) in [7, 11) is 2.24. The van der Waals surface area contributed by atoms with Crippen LogP contribution in [0.4, 0.5) is 0 Å². The first-order valence-corrected chi connectivity index (χ1v) is 16.3. The SMILES string of the molecule is C=CC1=CN2C(=CC1=C)/C(=C1\C=CC=C(CCC)C1)N(C)CC2C(C)(C)C.C=CCCC(CC)CCC.CC.CC#N. The number of piperazine rings is 1. The van der Waals surface area contributed by atoms with E-state index in [-0.39, 0.29) is 5.41 Å². The smallest absolute Gasteiger partial charge is 0.0656 e. The number of hydrogen-bond acceptors (Lipinski definition) is 3. The molecule has 3 nitrogen and oxygen atoms in total. The van der Waals surface area contributed by atoms with Crippen LogP contribution in [0, 0.1) is 22.7 Å². The third kappa shape index (κ3) is 12.1. The van der Waals surface area contributed by atoms with Gasteiger partial charge in [-0.3, -0.25) is 0 Å². The van der Waals surface area contributed by atoms with Crippen LogP contribution in [0.1, 0.15) is 114 Å². The first kappa shape index (κ1) is 39.0. The Labute approximate surface area is 261 Å². The van der Waals surface area contributed by atoms with Crippen molar-refractivity contribution in [1.82, 2.24) is 9.80 Å². The highest BCUT2D eigenvalue weighted by Gasteiger charge is 2.40. The van der Waals surface area contributed by atoms with Gasteiger partial charge >= 0.3 is 0 Å². The molecule has 2 atom stereocenters. The van der Waals surface area contributed by atoms with Crippen molar-refractivity contribution in [3.05, 3.63) is 96.1 Å². The van der Waals surface area contributed by atoms with Gasteiger partial charge in [0.1, 0.15) is 0 Å². The summed E-state index contributed by atoms with van der Waals surface area (Å²) in [6.07, 6.45) is 25.2. The van der Waals surface area contributed by atoms with Gasteiger partial charge in [-0.25, -0.2) is 0 Å². The van der Waals surface area contributed by atoms with E-state index in [2.05, 4.69) is 109 Å². The molecule has 3 aliphatic rings. The van der Waals surface area contributed by atoms with Gasteiger partial charge in [0.25, 0.3) is 0 Å². The molecule has 0 amide bonds. The summed E-state index contributed by atoms with van der Waals surface area (Å²) < 4.78 is 0. The topological polar surface area (TPSA) is 30.3 Å². The lowest BCUT2D eigenvalue weighted by molar-refractivity contribution is 0.112. The molecule has 0 saturated carbocycles. The Morgan fingerprint density at radius 2 is 1.76 bits per heavy atom. The molecule has 2 heterocycles. The molecule has 234 valence electrons. The summed E-state index contributed by atoms with van der Waals surface area (Å²) >= 11 is 0. The van der Waals surface area contributed by atoms with Gasteiger partial charge in [-0.15, -0.1) is 6.58 Å². The normalized spacial score (nSPS) is 20.0. The molecule has 3 heteroatoms. The molecule has 0 bridgehead atoms. The Balaban J connectivity index is 0.000000939. The van der Waals surface area contributed by atoms with Crippen molar-refractivity contribution in [3.63, 3.8) is 0 Å². The highest BCUT2D eigenvalue weighted by molar-refractivity contribution is 5.56. The van der Waals surface area contributed by atoms with Gasteiger partial charge in [-0.1, -0.05) is 130 Å². The van der Waals surface area contributed by atoms with Gasteiger partial charge in [0.15, 0.2) is 0 Å². The van der Waals surface area contributed by atoms with E-state index in [4.69, 9.17) is 5.26 Å². The van der Waals surface area contributed by atoms with E-state index in [1.54, 1.807) is 6.07 Å². The quantitative estimate of drug-likeness (QED) is 0.257. The molecule has 0 spiro atoms. The lowest BCUT2D eigenvalue weighted by atomic mass is 9.81. The number of likely N-dealkylation sites (N-methyl/N-ethyl adjacent to an activating group) is 1. The van der Waals surface area contributed by atoms with E-state index in [1.165, 1.54) is 74.4 Å². The number of hydrogen-bond donors (Lipinski definition) is 0. The number of nitrogens with zero attached hydrogens (tertiary/aromatic N) is 3. The number of allylic oxidation sites excluding steroid dienone is 10. The summed E-state index contributed by atoms with van der Waals surface area (Å²) in [6.45, 7) is 32.2. The molecule has 1 aliphatic carbocycles. The standard InChI is InChI=1S/C25H34N2.C10H20.C2H3N.C2H6/c1-8-11-19-12-10-13-21(15-19)24-22-14-18(3)20(9-2)16-27(22)23(17-26(24)7)25(4,5)6;1-4-7-9-10(6-3)8-5-2;1-2-3;1-2/h9-10,12-14,16,23H,2-3,8,11,15,17H2,1,4-7H3;4,10H,1,5-9H2,2-3H3;1H3;1-2H3/b24-21-;;;. The van der Waals surface area contributed by atoms with E-state index in [0.29, 0.717) is 6.04 Å². The highest BCUT2D eigenvalue weighted by Crippen LogP contribution is 2.42. The predicted molar refractivity (Wildman–Crippen MR) is 188 cm³/mol. The zero-order valence-corrected chi connectivity index (χ0v) is 29.0. The van der Waals surface area contributed by atoms with Crippen molar-refractivity contribution < 1.29 is 0 Å². The Bertz CT molecular complexity index is 1050. The number of nitriles is 1. The molecule has 42 heavy (non-hydrogen) atoms. The van der Waals surface area contributed by atoms with Crippen LogP contribution in [-0.4, -0.2) is 29.4 Å². The van der Waals surface area contributed by atoms with E-state index in [9.17, 15) is 0 Å². The second kappa shape index (κ2) is 20.8. The van der Waals surface area contributed by atoms with Crippen LogP contribution >= 0.6 is 0 Å². The van der Waals surface area contributed by atoms with Crippen LogP contribution in [0.3, 0.4) is 0 Å². The molecule has 3 rings (SSSR count). The summed E-state index contributed by atoms with van der Waals surface area (Å²) in [6, 6.07) is 2.15. The molecule has 1 fully saturated rings. The Kier molecular flexibility index (Phi) is 19.3. The molecule has 0 radical (unpaired) electrons. The van der Waals surface area contributed by atoms with Crippen LogP contribution in [0.2, 0.25) is 0 Å². The molecule has 2 unspecified atom stereocenters. The lowest BCUT2D eigenvalue weighted by Crippen LogP contribution is -2.53. The van der Waals surface area contributed by atoms with Crippen LogP contribution in [0.5, 0.6) is 0 Å². The van der Waals surface area contributed by atoms with E-state index in [1.807, 2.05) is 26.0 Å². The fourth-order valence-electron chi connectivity index (χ4n) is 5.63. The van der Waals surface area contributed by atoms with Crippen molar-refractivity contribution in [3.8, 4) is 6.07 Å². The molecular formula is C39H63N3. The molecule has 0 aromatic rings. The third-order valence-electron chi connectivity index (χ3n) is 7.84. The maximum Gasteiger partial charge on any atom is 0.0656 e. The van der Waals surface area contributed by atoms with Gasteiger partial charge in [0, 0.05) is 26.7 Å². The summed E-state index contributed by atoms with van der Waals surface area (Å²) in [5.41, 5.74) is 7.88. The highest BCUT2D eigenvalue weighted by atomic mass is 15.3.